The first-order valence-electron chi connectivity index (χ1n) is 6.52. The first-order chi connectivity index (χ1) is 8.81. The highest BCUT2D eigenvalue weighted by Gasteiger charge is 2.13. The summed E-state index contributed by atoms with van der Waals surface area (Å²) in [4.78, 5) is 18.4. The van der Waals surface area contributed by atoms with Crippen LogP contribution >= 0.6 is 0 Å². The molecule has 0 radical (unpaired) electrons. The summed E-state index contributed by atoms with van der Waals surface area (Å²) < 4.78 is 0. The van der Waals surface area contributed by atoms with Crippen molar-refractivity contribution in [3.05, 3.63) is 23.9 Å². The standard InChI is InChI=1S/C13H20N4O/c1-2-15-13(18)11-5-3-6-12(16-11)17-9-4-7-14-8-10-17/h3,5-6,14H,2,4,7-10H2,1H3,(H,15,18). The molecule has 1 fully saturated rings. The van der Waals surface area contributed by atoms with Gasteiger partial charge in [-0.3, -0.25) is 4.79 Å². The summed E-state index contributed by atoms with van der Waals surface area (Å²) in [6.45, 7) is 6.46. The lowest BCUT2D eigenvalue weighted by Gasteiger charge is -2.21. The number of hydrogen-bond acceptors (Lipinski definition) is 4. The molecule has 2 rings (SSSR count). The Morgan fingerprint density at radius 1 is 1.44 bits per heavy atom. The van der Waals surface area contributed by atoms with Gasteiger partial charge < -0.3 is 15.5 Å². The normalized spacial score (nSPS) is 16.2. The van der Waals surface area contributed by atoms with E-state index in [1.54, 1.807) is 6.07 Å². The van der Waals surface area contributed by atoms with E-state index in [9.17, 15) is 4.79 Å². The van der Waals surface area contributed by atoms with Crippen molar-refractivity contribution in [3.8, 4) is 0 Å². The molecular weight excluding hydrogens is 228 g/mol. The maximum absolute atomic E-state index is 11.7. The lowest BCUT2D eigenvalue weighted by atomic mass is 10.3. The van der Waals surface area contributed by atoms with Crippen molar-refractivity contribution in [2.45, 2.75) is 13.3 Å². The van der Waals surface area contributed by atoms with Gasteiger partial charge in [-0.15, -0.1) is 0 Å². The molecule has 1 amide bonds. The second kappa shape index (κ2) is 6.35. The van der Waals surface area contributed by atoms with Gasteiger partial charge in [0, 0.05) is 26.2 Å². The Bertz CT molecular complexity index is 400. The zero-order valence-electron chi connectivity index (χ0n) is 10.8. The molecule has 0 bridgehead atoms. The highest BCUT2D eigenvalue weighted by atomic mass is 16.1. The second-order valence-electron chi connectivity index (χ2n) is 4.33. The van der Waals surface area contributed by atoms with Crippen LogP contribution in [0.2, 0.25) is 0 Å². The predicted octanol–water partition coefficient (Wildman–Crippen LogP) is 0.631. The SMILES string of the molecule is CCNC(=O)c1cccc(N2CCCNCC2)n1. The average molecular weight is 248 g/mol. The fourth-order valence-corrected chi connectivity index (χ4v) is 2.05. The van der Waals surface area contributed by atoms with E-state index >= 15 is 0 Å². The van der Waals surface area contributed by atoms with Gasteiger partial charge in [-0.2, -0.15) is 0 Å². The summed E-state index contributed by atoms with van der Waals surface area (Å²) in [7, 11) is 0. The molecule has 0 aliphatic carbocycles. The number of carbonyl (C=O) groups excluding carboxylic acids is 1. The van der Waals surface area contributed by atoms with Gasteiger partial charge in [-0.05, 0) is 32.0 Å². The third-order valence-corrected chi connectivity index (χ3v) is 2.97. The van der Waals surface area contributed by atoms with E-state index in [0.29, 0.717) is 12.2 Å². The van der Waals surface area contributed by atoms with Crippen LogP contribution in [0.5, 0.6) is 0 Å². The number of amides is 1. The number of nitrogens with one attached hydrogen (secondary N) is 2. The van der Waals surface area contributed by atoms with Crippen molar-refractivity contribution in [2.75, 3.05) is 37.6 Å². The molecule has 18 heavy (non-hydrogen) atoms. The Kier molecular flexibility index (Phi) is 4.52. The van der Waals surface area contributed by atoms with Crippen LogP contribution in [0.15, 0.2) is 18.2 Å². The van der Waals surface area contributed by atoms with Crippen molar-refractivity contribution in [1.29, 1.82) is 0 Å². The molecule has 0 saturated carbocycles. The molecule has 2 heterocycles. The van der Waals surface area contributed by atoms with Crippen LogP contribution in [0.1, 0.15) is 23.8 Å². The fourth-order valence-electron chi connectivity index (χ4n) is 2.05. The Morgan fingerprint density at radius 2 is 2.33 bits per heavy atom. The molecule has 0 spiro atoms. The zero-order chi connectivity index (χ0) is 12.8. The average Bonchev–Trinajstić information content (AvgIpc) is 2.68. The van der Waals surface area contributed by atoms with Gasteiger partial charge in [0.2, 0.25) is 0 Å². The molecule has 1 aromatic rings. The summed E-state index contributed by atoms with van der Waals surface area (Å²) in [6.07, 6.45) is 1.10. The van der Waals surface area contributed by atoms with Crippen molar-refractivity contribution >= 4 is 11.7 Å². The molecule has 5 nitrogen and oxygen atoms in total. The number of aromatic nitrogens is 1. The predicted molar refractivity (Wildman–Crippen MR) is 71.9 cm³/mol. The summed E-state index contributed by atoms with van der Waals surface area (Å²) in [6, 6.07) is 5.61. The Hall–Kier alpha value is -1.62. The van der Waals surface area contributed by atoms with Crippen LogP contribution in [0.3, 0.4) is 0 Å². The quantitative estimate of drug-likeness (QED) is 0.824. The summed E-state index contributed by atoms with van der Waals surface area (Å²) in [5.74, 6) is 0.787. The van der Waals surface area contributed by atoms with Gasteiger partial charge in [0.25, 0.3) is 5.91 Å². The Balaban J connectivity index is 2.12. The summed E-state index contributed by atoms with van der Waals surface area (Å²) in [5, 5.41) is 6.13. The van der Waals surface area contributed by atoms with Gasteiger partial charge in [-0.1, -0.05) is 6.07 Å². The molecule has 1 aliphatic heterocycles. The second-order valence-corrected chi connectivity index (χ2v) is 4.33. The van der Waals surface area contributed by atoms with E-state index in [2.05, 4.69) is 20.5 Å². The zero-order valence-corrected chi connectivity index (χ0v) is 10.8. The number of pyridine rings is 1. The van der Waals surface area contributed by atoms with Gasteiger partial charge in [0.05, 0.1) is 0 Å². The largest absolute Gasteiger partial charge is 0.355 e. The smallest absolute Gasteiger partial charge is 0.269 e. The Morgan fingerprint density at radius 3 is 3.17 bits per heavy atom. The summed E-state index contributed by atoms with van der Waals surface area (Å²) >= 11 is 0. The van der Waals surface area contributed by atoms with E-state index in [-0.39, 0.29) is 5.91 Å². The molecule has 5 heteroatoms. The topological polar surface area (TPSA) is 57.3 Å². The first-order valence-corrected chi connectivity index (χ1v) is 6.52. The molecule has 0 atom stereocenters. The molecule has 1 aromatic heterocycles. The molecule has 2 N–H and O–H groups in total. The van der Waals surface area contributed by atoms with E-state index < -0.39 is 0 Å². The summed E-state index contributed by atoms with van der Waals surface area (Å²) in [5.41, 5.74) is 0.492. The first kappa shape index (κ1) is 12.8. The van der Waals surface area contributed by atoms with Crippen molar-refractivity contribution in [1.82, 2.24) is 15.6 Å². The van der Waals surface area contributed by atoms with Crippen molar-refractivity contribution in [3.63, 3.8) is 0 Å². The van der Waals surface area contributed by atoms with E-state index in [1.165, 1.54) is 0 Å². The minimum absolute atomic E-state index is 0.104. The van der Waals surface area contributed by atoms with Crippen LogP contribution in [0.4, 0.5) is 5.82 Å². The van der Waals surface area contributed by atoms with Crippen LogP contribution in [0.25, 0.3) is 0 Å². The maximum Gasteiger partial charge on any atom is 0.269 e. The minimum Gasteiger partial charge on any atom is -0.355 e. The minimum atomic E-state index is -0.104. The van der Waals surface area contributed by atoms with E-state index in [0.717, 1.165) is 38.4 Å². The molecule has 1 saturated heterocycles. The lowest BCUT2D eigenvalue weighted by Crippen LogP contribution is -2.30. The monoisotopic (exact) mass is 248 g/mol. The molecule has 1 aliphatic rings. The van der Waals surface area contributed by atoms with Crippen LogP contribution in [-0.4, -0.2) is 43.6 Å². The molecule has 98 valence electrons. The number of rotatable bonds is 3. The highest BCUT2D eigenvalue weighted by molar-refractivity contribution is 5.92. The molecular formula is C13H20N4O. The van der Waals surface area contributed by atoms with Gasteiger partial charge >= 0.3 is 0 Å². The van der Waals surface area contributed by atoms with Crippen molar-refractivity contribution < 1.29 is 4.79 Å². The third kappa shape index (κ3) is 3.20. The third-order valence-electron chi connectivity index (χ3n) is 2.97. The maximum atomic E-state index is 11.7. The molecule has 0 aromatic carbocycles. The van der Waals surface area contributed by atoms with Crippen LogP contribution in [0, 0.1) is 0 Å². The van der Waals surface area contributed by atoms with Crippen molar-refractivity contribution in [2.24, 2.45) is 0 Å². The van der Waals surface area contributed by atoms with Gasteiger partial charge in [0.15, 0.2) is 0 Å². The molecule has 0 unspecified atom stereocenters. The number of nitrogens with zero attached hydrogens (tertiary/aromatic N) is 2. The van der Waals surface area contributed by atoms with Gasteiger partial charge in [-0.25, -0.2) is 4.98 Å². The number of hydrogen-bond donors (Lipinski definition) is 2. The van der Waals surface area contributed by atoms with Gasteiger partial charge in [0.1, 0.15) is 11.5 Å². The highest BCUT2D eigenvalue weighted by Crippen LogP contribution is 2.12. The fraction of sp³-hybridized carbons (Fsp3) is 0.538. The van der Waals surface area contributed by atoms with E-state index in [1.807, 2.05) is 19.1 Å². The number of carbonyl (C=O) groups is 1. The Labute approximate surface area is 108 Å². The van der Waals surface area contributed by atoms with Crippen LogP contribution in [-0.2, 0) is 0 Å². The van der Waals surface area contributed by atoms with E-state index in [4.69, 9.17) is 0 Å². The lowest BCUT2D eigenvalue weighted by molar-refractivity contribution is 0.0951. The number of anilines is 1. The van der Waals surface area contributed by atoms with Crippen LogP contribution < -0.4 is 15.5 Å².